The Morgan fingerprint density at radius 3 is 2.94 bits per heavy atom. The highest BCUT2D eigenvalue weighted by Gasteiger charge is 2.11. The predicted molar refractivity (Wildman–Crippen MR) is 73.5 cm³/mol. The van der Waals surface area contributed by atoms with Gasteiger partial charge in [0, 0.05) is 23.7 Å². The minimum absolute atomic E-state index is 0.731. The highest BCUT2D eigenvalue weighted by molar-refractivity contribution is 6.30. The van der Waals surface area contributed by atoms with Crippen molar-refractivity contribution in [3.8, 4) is 11.3 Å². The van der Waals surface area contributed by atoms with Crippen molar-refractivity contribution in [1.82, 2.24) is 20.3 Å². The number of nitrogens with zero attached hydrogens (tertiary/aromatic N) is 3. The Kier molecular flexibility index (Phi) is 4.33. The van der Waals surface area contributed by atoms with E-state index in [9.17, 15) is 0 Å². The number of benzene rings is 1. The zero-order valence-corrected chi connectivity index (χ0v) is 11.4. The van der Waals surface area contributed by atoms with E-state index in [1.165, 1.54) is 5.56 Å². The lowest BCUT2D eigenvalue weighted by Gasteiger charge is -2.11. The Balaban J connectivity index is 2.47. The quantitative estimate of drug-likeness (QED) is 0.903. The van der Waals surface area contributed by atoms with E-state index in [0.717, 1.165) is 35.8 Å². The molecule has 0 saturated carbocycles. The molecule has 18 heavy (non-hydrogen) atoms. The van der Waals surface area contributed by atoms with E-state index >= 15 is 0 Å². The summed E-state index contributed by atoms with van der Waals surface area (Å²) in [4.78, 5) is 0. The third kappa shape index (κ3) is 2.71. The molecule has 4 nitrogen and oxygen atoms in total. The van der Waals surface area contributed by atoms with Gasteiger partial charge in [-0.1, -0.05) is 29.8 Å². The maximum absolute atomic E-state index is 6.09. The van der Waals surface area contributed by atoms with Crippen LogP contribution in [-0.4, -0.2) is 22.0 Å². The van der Waals surface area contributed by atoms with E-state index in [-0.39, 0.29) is 0 Å². The molecule has 1 aromatic heterocycles. The van der Waals surface area contributed by atoms with Gasteiger partial charge in [-0.3, -0.25) is 0 Å². The van der Waals surface area contributed by atoms with E-state index in [1.807, 2.05) is 29.9 Å². The normalized spacial score (nSPS) is 10.8. The lowest BCUT2D eigenvalue weighted by atomic mass is 10.0. The second-order valence-electron chi connectivity index (χ2n) is 4.17. The van der Waals surface area contributed by atoms with Gasteiger partial charge in [0.05, 0.1) is 11.9 Å². The molecular weight excluding hydrogens is 248 g/mol. The van der Waals surface area contributed by atoms with Crippen molar-refractivity contribution in [1.29, 1.82) is 0 Å². The van der Waals surface area contributed by atoms with Crippen LogP contribution in [0.4, 0.5) is 0 Å². The van der Waals surface area contributed by atoms with Crippen molar-refractivity contribution in [3.63, 3.8) is 0 Å². The number of hydrogen-bond acceptors (Lipinski definition) is 3. The number of nitrogens with one attached hydrogen (secondary N) is 1. The van der Waals surface area contributed by atoms with Gasteiger partial charge in [0.15, 0.2) is 0 Å². The summed E-state index contributed by atoms with van der Waals surface area (Å²) in [5.41, 5.74) is 3.31. The fourth-order valence-corrected chi connectivity index (χ4v) is 2.15. The van der Waals surface area contributed by atoms with Crippen LogP contribution in [0.15, 0.2) is 24.4 Å². The van der Waals surface area contributed by atoms with Crippen LogP contribution in [0.2, 0.25) is 5.02 Å². The van der Waals surface area contributed by atoms with E-state index in [0.29, 0.717) is 0 Å². The smallest absolute Gasteiger partial charge is 0.0889 e. The van der Waals surface area contributed by atoms with E-state index in [1.54, 1.807) is 6.20 Å². The summed E-state index contributed by atoms with van der Waals surface area (Å²) in [7, 11) is 1.93. The third-order valence-corrected chi connectivity index (χ3v) is 3.00. The molecule has 0 fully saturated rings. The van der Waals surface area contributed by atoms with Crippen molar-refractivity contribution in [2.75, 3.05) is 7.05 Å². The second-order valence-corrected chi connectivity index (χ2v) is 4.61. The van der Waals surface area contributed by atoms with Crippen molar-refractivity contribution < 1.29 is 0 Å². The van der Waals surface area contributed by atoms with Gasteiger partial charge in [-0.05, 0) is 31.2 Å². The first-order valence-electron chi connectivity index (χ1n) is 6.08. The van der Waals surface area contributed by atoms with Crippen LogP contribution in [0, 0.1) is 0 Å². The van der Waals surface area contributed by atoms with Gasteiger partial charge in [0.25, 0.3) is 0 Å². The number of aromatic nitrogens is 3. The molecule has 5 heteroatoms. The lowest BCUT2D eigenvalue weighted by Crippen LogP contribution is -2.08. The molecule has 2 aromatic rings. The molecule has 2 rings (SSSR count). The van der Waals surface area contributed by atoms with E-state index in [2.05, 4.69) is 22.6 Å². The maximum atomic E-state index is 6.09. The minimum atomic E-state index is 0.731. The molecule has 1 N–H and O–H groups in total. The summed E-state index contributed by atoms with van der Waals surface area (Å²) >= 11 is 6.09. The van der Waals surface area contributed by atoms with Gasteiger partial charge in [0.1, 0.15) is 0 Å². The molecule has 0 bridgehead atoms. The highest BCUT2D eigenvalue weighted by atomic mass is 35.5. The molecule has 0 aliphatic rings. The fourth-order valence-electron chi connectivity index (χ4n) is 1.97. The highest BCUT2D eigenvalue weighted by Crippen LogP contribution is 2.26. The van der Waals surface area contributed by atoms with Crippen LogP contribution in [0.25, 0.3) is 11.3 Å². The first kappa shape index (κ1) is 13.1. The Labute approximate surface area is 112 Å². The summed E-state index contributed by atoms with van der Waals surface area (Å²) in [6.07, 6.45) is 2.82. The summed E-state index contributed by atoms with van der Waals surface area (Å²) in [6.45, 7) is 3.78. The molecule has 96 valence electrons. The van der Waals surface area contributed by atoms with Crippen LogP contribution >= 0.6 is 11.6 Å². The molecule has 0 aliphatic carbocycles. The second kappa shape index (κ2) is 5.98. The third-order valence-electron chi connectivity index (χ3n) is 2.77. The molecular formula is C13H17ClN4. The Hall–Kier alpha value is -1.39. The van der Waals surface area contributed by atoms with Crippen molar-refractivity contribution in [3.05, 3.63) is 35.0 Å². The van der Waals surface area contributed by atoms with Gasteiger partial charge in [-0.25, -0.2) is 4.68 Å². The van der Waals surface area contributed by atoms with Crippen LogP contribution in [0.1, 0.15) is 18.9 Å². The Morgan fingerprint density at radius 1 is 1.39 bits per heavy atom. The molecule has 1 heterocycles. The SMILES string of the molecule is CCCn1nncc1-c1cc(Cl)ccc1CNC. The van der Waals surface area contributed by atoms with Crippen molar-refractivity contribution in [2.24, 2.45) is 0 Å². The first-order chi connectivity index (χ1) is 8.76. The van der Waals surface area contributed by atoms with Gasteiger partial charge in [-0.15, -0.1) is 5.10 Å². The van der Waals surface area contributed by atoms with E-state index < -0.39 is 0 Å². The number of halogens is 1. The fraction of sp³-hybridized carbons (Fsp3) is 0.385. The zero-order valence-electron chi connectivity index (χ0n) is 10.7. The molecule has 0 atom stereocenters. The molecule has 0 unspecified atom stereocenters. The molecule has 0 spiro atoms. The van der Waals surface area contributed by atoms with Crippen molar-refractivity contribution >= 4 is 11.6 Å². The van der Waals surface area contributed by atoms with Gasteiger partial charge in [-0.2, -0.15) is 0 Å². The maximum Gasteiger partial charge on any atom is 0.0889 e. The number of hydrogen-bond donors (Lipinski definition) is 1. The van der Waals surface area contributed by atoms with Crippen LogP contribution in [0.5, 0.6) is 0 Å². The zero-order chi connectivity index (χ0) is 13.0. The average molecular weight is 265 g/mol. The topological polar surface area (TPSA) is 42.7 Å². The van der Waals surface area contributed by atoms with Crippen LogP contribution < -0.4 is 5.32 Å². The number of aryl methyl sites for hydroxylation is 1. The van der Waals surface area contributed by atoms with Crippen molar-refractivity contribution in [2.45, 2.75) is 26.4 Å². The van der Waals surface area contributed by atoms with E-state index in [4.69, 9.17) is 11.6 Å². The molecule has 0 amide bonds. The first-order valence-corrected chi connectivity index (χ1v) is 6.46. The van der Waals surface area contributed by atoms with Gasteiger partial charge < -0.3 is 5.32 Å². The summed E-state index contributed by atoms with van der Waals surface area (Å²) in [5.74, 6) is 0. The number of rotatable bonds is 5. The summed E-state index contributed by atoms with van der Waals surface area (Å²) < 4.78 is 1.92. The Bertz CT molecular complexity index is 521. The lowest BCUT2D eigenvalue weighted by molar-refractivity contribution is 0.584. The predicted octanol–water partition coefficient (Wildman–Crippen LogP) is 2.73. The van der Waals surface area contributed by atoms with Gasteiger partial charge >= 0.3 is 0 Å². The average Bonchev–Trinajstić information content (AvgIpc) is 2.80. The van der Waals surface area contributed by atoms with Crippen LogP contribution in [-0.2, 0) is 13.1 Å². The monoisotopic (exact) mass is 264 g/mol. The minimum Gasteiger partial charge on any atom is -0.316 e. The largest absolute Gasteiger partial charge is 0.316 e. The summed E-state index contributed by atoms with van der Waals surface area (Å²) in [5, 5.41) is 12.0. The summed E-state index contributed by atoms with van der Waals surface area (Å²) in [6, 6.07) is 5.92. The standard InChI is InChI=1S/C13H17ClN4/c1-3-6-18-13(9-16-17-18)12-7-11(14)5-4-10(12)8-15-2/h4-5,7,9,15H,3,6,8H2,1-2H3. The van der Waals surface area contributed by atoms with Gasteiger partial charge in [0.2, 0.25) is 0 Å². The van der Waals surface area contributed by atoms with Crippen LogP contribution in [0.3, 0.4) is 0 Å². The Morgan fingerprint density at radius 2 is 2.22 bits per heavy atom. The molecule has 0 radical (unpaired) electrons. The molecule has 0 aliphatic heterocycles. The molecule has 1 aromatic carbocycles. The molecule has 0 saturated heterocycles.